The minimum Gasteiger partial charge on any atom is -0.340 e. The Hall–Kier alpha value is -2.28. The second kappa shape index (κ2) is 7.53. The molecule has 2 rings (SSSR count). The van der Waals surface area contributed by atoms with Crippen molar-refractivity contribution in [1.82, 2.24) is 10.3 Å². The zero-order chi connectivity index (χ0) is 17.9. The Morgan fingerprint density at radius 1 is 1.17 bits per heavy atom. The minimum atomic E-state index is -0.716. The molecular formula is C17H20FN3O2S. The fourth-order valence-corrected chi connectivity index (χ4v) is 2.89. The molecule has 24 heavy (non-hydrogen) atoms. The fourth-order valence-electron chi connectivity index (χ4n) is 2.07. The van der Waals surface area contributed by atoms with E-state index in [0.29, 0.717) is 10.7 Å². The number of nitrogens with zero attached hydrogens (tertiary/aromatic N) is 1. The third kappa shape index (κ3) is 4.38. The largest absolute Gasteiger partial charge is 0.340 e. The van der Waals surface area contributed by atoms with Crippen LogP contribution < -0.4 is 10.6 Å². The van der Waals surface area contributed by atoms with Crippen molar-refractivity contribution in [3.05, 3.63) is 46.2 Å². The van der Waals surface area contributed by atoms with Gasteiger partial charge in [-0.3, -0.25) is 9.59 Å². The lowest BCUT2D eigenvalue weighted by Gasteiger charge is -2.21. The molecule has 1 heterocycles. The van der Waals surface area contributed by atoms with E-state index in [1.807, 2.05) is 27.7 Å². The second-order valence-corrected chi connectivity index (χ2v) is 7.06. The maximum atomic E-state index is 12.9. The van der Waals surface area contributed by atoms with Crippen LogP contribution in [0.2, 0.25) is 0 Å². The average molecular weight is 349 g/mol. The fraction of sp³-hybridized carbons (Fsp3) is 0.353. The van der Waals surface area contributed by atoms with Crippen LogP contribution in [0.4, 0.5) is 9.52 Å². The molecule has 128 valence electrons. The van der Waals surface area contributed by atoms with Gasteiger partial charge in [0.2, 0.25) is 5.91 Å². The van der Waals surface area contributed by atoms with Crippen molar-refractivity contribution in [1.29, 1.82) is 0 Å². The highest BCUT2D eigenvalue weighted by molar-refractivity contribution is 7.15. The molecule has 0 spiro atoms. The van der Waals surface area contributed by atoms with E-state index in [2.05, 4.69) is 15.6 Å². The number of thiazole rings is 1. The van der Waals surface area contributed by atoms with Crippen LogP contribution in [0.15, 0.2) is 24.3 Å². The summed E-state index contributed by atoms with van der Waals surface area (Å²) in [6.45, 7) is 7.48. The molecule has 0 saturated carbocycles. The molecule has 1 unspecified atom stereocenters. The highest BCUT2D eigenvalue weighted by atomic mass is 32.1. The number of benzene rings is 1. The maximum absolute atomic E-state index is 12.9. The first-order chi connectivity index (χ1) is 11.3. The van der Waals surface area contributed by atoms with E-state index in [1.54, 1.807) is 0 Å². The number of nitrogens with one attached hydrogen (secondary N) is 2. The van der Waals surface area contributed by atoms with Crippen LogP contribution in [0.25, 0.3) is 0 Å². The second-order valence-electron chi connectivity index (χ2n) is 5.85. The quantitative estimate of drug-likeness (QED) is 0.870. The molecule has 2 aromatic rings. The number of anilines is 1. The van der Waals surface area contributed by atoms with E-state index in [9.17, 15) is 14.0 Å². The minimum absolute atomic E-state index is 0.114. The molecule has 1 atom stereocenters. The summed E-state index contributed by atoms with van der Waals surface area (Å²) in [4.78, 5) is 30.0. The van der Waals surface area contributed by atoms with Crippen molar-refractivity contribution < 1.29 is 14.0 Å². The topological polar surface area (TPSA) is 71.1 Å². The number of halogens is 1. The van der Waals surface area contributed by atoms with Crippen molar-refractivity contribution in [2.45, 2.75) is 33.7 Å². The van der Waals surface area contributed by atoms with Gasteiger partial charge in [0, 0.05) is 10.4 Å². The van der Waals surface area contributed by atoms with Gasteiger partial charge in [-0.15, -0.1) is 11.3 Å². The van der Waals surface area contributed by atoms with Gasteiger partial charge in [0.05, 0.1) is 5.69 Å². The molecule has 0 aliphatic rings. The summed E-state index contributed by atoms with van der Waals surface area (Å²) in [6.07, 6.45) is 0. The average Bonchev–Trinajstić information content (AvgIpc) is 2.82. The molecule has 0 radical (unpaired) electrons. The first kappa shape index (κ1) is 18.1. The molecule has 1 aromatic heterocycles. The number of carbonyl (C=O) groups excluding carboxylic acids is 2. The Labute approximate surface area is 144 Å². The molecule has 0 saturated heterocycles. The zero-order valence-electron chi connectivity index (χ0n) is 14.0. The number of amides is 2. The van der Waals surface area contributed by atoms with Gasteiger partial charge in [-0.05, 0) is 44.0 Å². The number of aromatic nitrogens is 1. The highest BCUT2D eigenvalue weighted by Crippen LogP contribution is 2.21. The monoisotopic (exact) mass is 349 g/mol. The lowest BCUT2D eigenvalue weighted by atomic mass is 10.0. The molecule has 0 aliphatic heterocycles. The Kier molecular flexibility index (Phi) is 5.66. The number of carbonyl (C=O) groups is 2. The molecule has 2 amide bonds. The standard InChI is InChI=1S/C17H20FN3O2S/c1-9(2)14(16(23)21-17-19-10(3)11(4)24-17)20-15(22)12-5-7-13(18)8-6-12/h5-9,14H,1-4H3,(H,20,22)(H,19,21,23). The summed E-state index contributed by atoms with van der Waals surface area (Å²) < 4.78 is 12.9. The Morgan fingerprint density at radius 3 is 2.29 bits per heavy atom. The van der Waals surface area contributed by atoms with E-state index in [4.69, 9.17) is 0 Å². The summed E-state index contributed by atoms with van der Waals surface area (Å²) in [7, 11) is 0. The van der Waals surface area contributed by atoms with Gasteiger partial charge < -0.3 is 10.6 Å². The van der Waals surface area contributed by atoms with Gasteiger partial charge in [-0.2, -0.15) is 0 Å². The predicted octanol–water partition coefficient (Wildman–Crippen LogP) is 3.29. The number of aryl methyl sites for hydroxylation is 2. The zero-order valence-corrected chi connectivity index (χ0v) is 14.8. The molecular weight excluding hydrogens is 329 g/mol. The van der Waals surface area contributed by atoms with Crippen LogP contribution in [0.1, 0.15) is 34.8 Å². The molecule has 1 aromatic carbocycles. The lowest BCUT2D eigenvalue weighted by Crippen LogP contribution is -2.47. The highest BCUT2D eigenvalue weighted by Gasteiger charge is 2.25. The van der Waals surface area contributed by atoms with Crippen molar-refractivity contribution in [2.24, 2.45) is 5.92 Å². The van der Waals surface area contributed by atoms with Gasteiger partial charge in [0.25, 0.3) is 5.91 Å². The molecule has 5 nitrogen and oxygen atoms in total. The van der Waals surface area contributed by atoms with Crippen molar-refractivity contribution in [3.63, 3.8) is 0 Å². The van der Waals surface area contributed by atoms with Gasteiger partial charge in [-0.25, -0.2) is 9.37 Å². The van der Waals surface area contributed by atoms with E-state index in [1.165, 1.54) is 35.6 Å². The van der Waals surface area contributed by atoms with Crippen molar-refractivity contribution in [2.75, 3.05) is 5.32 Å². The maximum Gasteiger partial charge on any atom is 0.251 e. The lowest BCUT2D eigenvalue weighted by molar-refractivity contribution is -0.118. The van der Waals surface area contributed by atoms with Crippen LogP contribution in [0, 0.1) is 25.6 Å². The van der Waals surface area contributed by atoms with Gasteiger partial charge in [0.1, 0.15) is 11.9 Å². The Balaban J connectivity index is 2.09. The SMILES string of the molecule is Cc1nc(NC(=O)C(NC(=O)c2ccc(F)cc2)C(C)C)sc1C. The summed E-state index contributed by atoms with van der Waals surface area (Å²) >= 11 is 1.39. The molecule has 2 N–H and O–H groups in total. The molecule has 0 aliphatic carbocycles. The third-order valence-corrected chi connectivity index (χ3v) is 4.59. The first-order valence-electron chi connectivity index (χ1n) is 7.59. The number of hydrogen-bond donors (Lipinski definition) is 2. The van der Waals surface area contributed by atoms with Gasteiger partial charge in [-0.1, -0.05) is 13.8 Å². The predicted molar refractivity (Wildman–Crippen MR) is 92.7 cm³/mol. The normalized spacial score (nSPS) is 12.1. The van der Waals surface area contributed by atoms with Crippen LogP contribution in [-0.4, -0.2) is 22.8 Å². The number of hydrogen-bond acceptors (Lipinski definition) is 4. The van der Waals surface area contributed by atoms with Crippen molar-refractivity contribution >= 4 is 28.3 Å². The van der Waals surface area contributed by atoms with E-state index >= 15 is 0 Å². The molecule has 0 bridgehead atoms. The van der Waals surface area contributed by atoms with E-state index in [0.717, 1.165) is 10.6 Å². The van der Waals surface area contributed by atoms with Crippen LogP contribution in [0.5, 0.6) is 0 Å². The van der Waals surface area contributed by atoms with Crippen molar-refractivity contribution in [3.8, 4) is 0 Å². The Morgan fingerprint density at radius 2 is 1.79 bits per heavy atom. The Bertz CT molecular complexity index is 721. The third-order valence-electron chi connectivity index (χ3n) is 3.60. The summed E-state index contributed by atoms with van der Waals surface area (Å²) in [5.41, 5.74) is 1.17. The van der Waals surface area contributed by atoms with Crippen LogP contribution in [-0.2, 0) is 4.79 Å². The summed E-state index contributed by atoms with van der Waals surface area (Å²) in [5, 5.41) is 5.95. The molecule has 7 heteroatoms. The van der Waals surface area contributed by atoms with Gasteiger partial charge in [0.15, 0.2) is 5.13 Å². The first-order valence-corrected chi connectivity index (χ1v) is 8.41. The summed E-state index contributed by atoms with van der Waals surface area (Å²) in [5.74, 6) is -1.28. The van der Waals surface area contributed by atoms with Gasteiger partial charge >= 0.3 is 0 Å². The van der Waals surface area contributed by atoms with E-state index < -0.39 is 17.8 Å². The van der Waals surface area contributed by atoms with Crippen LogP contribution >= 0.6 is 11.3 Å². The molecule has 0 fully saturated rings. The van der Waals surface area contributed by atoms with Crippen LogP contribution in [0.3, 0.4) is 0 Å². The van der Waals surface area contributed by atoms with E-state index in [-0.39, 0.29) is 11.8 Å². The smallest absolute Gasteiger partial charge is 0.251 e. The number of rotatable bonds is 5. The summed E-state index contributed by atoms with van der Waals surface area (Å²) in [6, 6.07) is 4.47.